The Morgan fingerprint density at radius 2 is 1.66 bits per heavy atom. The zero-order valence-electron chi connectivity index (χ0n) is 21.7. The topological polar surface area (TPSA) is 122 Å². The molecule has 0 bridgehead atoms. The van der Waals surface area contributed by atoms with Crippen LogP contribution in [0.4, 0.5) is 16.2 Å². The lowest BCUT2D eigenvalue weighted by Crippen LogP contribution is -2.25. The first-order valence-corrected chi connectivity index (χ1v) is 16.6. The van der Waals surface area contributed by atoms with Crippen LogP contribution in [0.5, 0.6) is 5.75 Å². The minimum absolute atomic E-state index is 0.108. The highest BCUT2D eigenvalue weighted by atomic mass is 32.2. The van der Waals surface area contributed by atoms with Crippen molar-refractivity contribution >= 4 is 61.5 Å². The van der Waals surface area contributed by atoms with Crippen molar-refractivity contribution in [2.75, 3.05) is 23.0 Å². The molecule has 0 spiro atoms. The molecule has 0 saturated heterocycles. The van der Waals surface area contributed by atoms with Gasteiger partial charge in [-0.3, -0.25) is 20.4 Å². The number of benzene rings is 2. The first-order valence-electron chi connectivity index (χ1n) is 12.3. The summed E-state index contributed by atoms with van der Waals surface area (Å²) < 4.78 is 36.2. The van der Waals surface area contributed by atoms with Crippen LogP contribution in [0, 0.1) is 6.92 Å². The van der Waals surface area contributed by atoms with Gasteiger partial charge >= 0.3 is 5.24 Å². The predicted molar refractivity (Wildman–Crippen MR) is 157 cm³/mol. The molecule has 1 aromatic heterocycles. The monoisotopic (exact) mass is 595 g/mol. The van der Waals surface area contributed by atoms with Crippen molar-refractivity contribution in [1.29, 1.82) is 0 Å². The number of thioether (sulfide) groups is 2. The largest absolute Gasteiger partial charge is 0.492 e. The third-order valence-electron chi connectivity index (χ3n) is 5.33. The average molecular weight is 596 g/mol. The molecule has 1 heterocycles. The maximum Gasteiger partial charge on any atom is 0.304 e. The molecule has 0 aliphatic heterocycles. The van der Waals surface area contributed by atoms with Gasteiger partial charge in [0.25, 0.3) is 10.0 Å². The second kappa shape index (κ2) is 15.2. The first kappa shape index (κ1) is 30.1. The number of hydrogen-bond donors (Lipinski definition) is 3. The lowest BCUT2D eigenvalue weighted by molar-refractivity contribution is 0.262. The van der Waals surface area contributed by atoms with E-state index in [2.05, 4.69) is 32.7 Å². The number of carbonyl (C=O) groups is 1. The van der Waals surface area contributed by atoms with Gasteiger partial charge < -0.3 is 4.74 Å². The van der Waals surface area contributed by atoms with Crippen LogP contribution in [-0.2, 0) is 10.0 Å². The lowest BCUT2D eigenvalue weighted by atomic mass is 10.1. The lowest BCUT2D eigenvalue weighted by Gasteiger charge is -2.15. The second-order valence-corrected chi connectivity index (χ2v) is 13.3. The van der Waals surface area contributed by atoms with E-state index in [0.29, 0.717) is 28.1 Å². The Labute approximate surface area is 237 Å². The van der Waals surface area contributed by atoms with Gasteiger partial charge in [-0.05, 0) is 61.6 Å². The first-order chi connectivity index (χ1) is 18.3. The molecule has 0 aliphatic rings. The van der Waals surface area contributed by atoms with Crippen LogP contribution in [0.2, 0.25) is 0 Å². The Kier molecular flexibility index (Phi) is 12.0. The molecule has 2 aromatic carbocycles. The highest BCUT2D eigenvalue weighted by Gasteiger charge is 2.20. The number of carbonyl (C=O) groups excluding carboxylic acids is 1. The summed E-state index contributed by atoms with van der Waals surface area (Å²) in [6.07, 6.45) is 8.66. The SMILES string of the molecule is CCCCCCCCOc1ccc(C)cc1S(=O)(=O)Nc1ccc(NNC(=O)Sc2nnc(SC)s2)cc1. The molecular weight excluding hydrogens is 563 g/mol. The standard InChI is InChI=1S/C25H33N5O4S4/c1-4-5-6-7-8-9-16-34-21-15-10-18(2)17-22(21)38(32,33)30-20-13-11-19(12-14-20)26-27-23(31)36-25-29-28-24(35-3)37-25/h10-15,17,26,30H,4-9,16H2,1-3H3,(H,27,31). The molecule has 0 unspecified atom stereocenters. The van der Waals surface area contributed by atoms with E-state index in [-0.39, 0.29) is 10.1 Å². The van der Waals surface area contributed by atoms with Gasteiger partial charge in [0.2, 0.25) is 0 Å². The van der Waals surface area contributed by atoms with Gasteiger partial charge in [0.1, 0.15) is 10.6 Å². The van der Waals surface area contributed by atoms with Crippen LogP contribution in [0.1, 0.15) is 51.0 Å². The summed E-state index contributed by atoms with van der Waals surface area (Å²) in [5.74, 6) is 0.343. The van der Waals surface area contributed by atoms with Gasteiger partial charge in [-0.25, -0.2) is 8.42 Å². The van der Waals surface area contributed by atoms with Crippen molar-refractivity contribution in [3.8, 4) is 5.75 Å². The van der Waals surface area contributed by atoms with Crippen molar-refractivity contribution in [2.45, 2.75) is 65.9 Å². The van der Waals surface area contributed by atoms with E-state index < -0.39 is 10.0 Å². The highest BCUT2D eigenvalue weighted by Crippen LogP contribution is 2.29. The summed E-state index contributed by atoms with van der Waals surface area (Å²) >= 11 is 3.74. The van der Waals surface area contributed by atoms with E-state index in [4.69, 9.17) is 4.74 Å². The summed E-state index contributed by atoms with van der Waals surface area (Å²) in [7, 11) is -3.88. The fourth-order valence-electron chi connectivity index (χ4n) is 3.39. The third kappa shape index (κ3) is 9.68. The molecule has 3 N–H and O–H groups in total. The number of unbranched alkanes of at least 4 members (excludes halogenated alkanes) is 5. The third-order valence-corrected chi connectivity index (χ3v) is 9.47. The predicted octanol–water partition coefficient (Wildman–Crippen LogP) is 6.94. The molecule has 9 nitrogen and oxygen atoms in total. The molecule has 38 heavy (non-hydrogen) atoms. The highest BCUT2D eigenvalue weighted by molar-refractivity contribution is 8.15. The van der Waals surface area contributed by atoms with Crippen molar-refractivity contribution < 1.29 is 17.9 Å². The average Bonchev–Trinajstić information content (AvgIpc) is 3.35. The van der Waals surface area contributed by atoms with E-state index in [9.17, 15) is 13.2 Å². The number of sulfonamides is 1. The maximum absolute atomic E-state index is 13.2. The number of anilines is 2. The minimum atomic E-state index is -3.88. The molecule has 3 rings (SSSR count). The number of aromatic nitrogens is 2. The Morgan fingerprint density at radius 3 is 2.37 bits per heavy atom. The van der Waals surface area contributed by atoms with E-state index in [0.717, 1.165) is 40.9 Å². The van der Waals surface area contributed by atoms with Crippen molar-refractivity contribution in [3.63, 3.8) is 0 Å². The summed E-state index contributed by atoms with van der Waals surface area (Å²) in [6.45, 7) is 4.50. The normalized spacial score (nSPS) is 11.2. The minimum Gasteiger partial charge on any atom is -0.492 e. The summed E-state index contributed by atoms with van der Waals surface area (Å²) in [5, 5.41) is 7.56. The Morgan fingerprint density at radius 1 is 0.974 bits per heavy atom. The van der Waals surface area contributed by atoms with Gasteiger partial charge in [-0.2, -0.15) is 0 Å². The van der Waals surface area contributed by atoms with Crippen molar-refractivity contribution in [1.82, 2.24) is 15.6 Å². The van der Waals surface area contributed by atoms with Crippen LogP contribution in [0.25, 0.3) is 0 Å². The van der Waals surface area contributed by atoms with E-state index in [1.54, 1.807) is 36.4 Å². The van der Waals surface area contributed by atoms with Crippen molar-refractivity contribution in [2.24, 2.45) is 0 Å². The van der Waals surface area contributed by atoms with Crippen LogP contribution in [0.15, 0.2) is 56.0 Å². The smallest absolute Gasteiger partial charge is 0.304 e. The molecule has 0 fully saturated rings. The zero-order valence-corrected chi connectivity index (χ0v) is 24.9. The molecule has 3 aromatic rings. The number of nitrogens with zero attached hydrogens (tertiary/aromatic N) is 2. The number of rotatable bonds is 15. The zero-order chi connectivity index (χ0) is 27.4. The number of aryl methyl sites for hydroxylation is 1. The van der Waals surface area contributed by atoms with E-state index >= 15 is 0 Å². The van der Waals surface area contributed by atoms with Crippen LogP contribution in [-0.4, -0.2) is 36.7 Å². The van der Waals surface area contributed by atoms with Crippen LogP contribution >= 0.6 is 34.9 Å². The number of nitrogens with one attached hydrogen (secondary N) is 3. The molecule has 0 saturated carbocycles. The van der Waals surface area contributed by atoms with Crippen LogP contribution < -0.4 is 20.3 Å². The molecule has 0 radical (unpaired) electrons. The number of hydrogen-bond acceptors (Lipinski definition) is 10. The van der Waals surface area contributed by atoms with Gasteiger partial charge in [-0.1, -0.05) is 68.2 Å². The Balaban J connectivity index is 1.54. The quantitative estimate of drug-likeness (QED) is 0.0974. The van der Waals surface area contributed by atoms with Gasteiger partial charge in [0.15, 0.2) is 8.68 Å². The summed E-state index contributed by atoms with van der Waals surface area (Å²) in [5.41, 5.74) is 7.17. The van der Waals surface area contributed by atoms with E-state index in [1.165, 1.54) is 42.4 Å². The molecule has 0 atom stereocenters. The van der Waals surface area contributed by atoms with E-state index in [1.807, 2.05) is 19.2 Å². The molecule has 1 amide bonds. The molecule has 0 aliphatic carbocycles. The number of hydrazine groups is 1. The molecule has 13 heteroatoms. The fourth-order valence-corrected chi connectivity index (χ4v) is 6.82. The number of ether oxygens (including phenoxy) is 1. The van der Waals surface area contributed by atoms with Gasteiger partial charge in [-0.15, -0.1) is 10.2 Å². The maximum atomic E-state index is 13.2. The summed E-state index contributed by atoms with van der Waals surface area (Å²) in [4.78, 5) is 12.2. The Hall–Kier alpha value is -2.48. The number of amides is 1. The fraction of sp³-hybridized carbons (Fsp3) is 0.400. The molecular formula is C25H33N5O4S4. The van der Waals surface area contributed by atoms with Gasteiger partial charge in [0, 0.05) is 17.4 Å². The van der Waals surface area contributed by atoms with Crippen molar-refractivity contribution in [3.05, 3.63) is 48.0 Å². The molecule has 206 valence electrons. The van der Waals surface area contributed by atoms with Crippen LogP contribution in [0.3, 0.4) is 0 Å². The Bertz CT molecular complexity index is 1280. The second-order valence-electron chi connectivity index (χ2n) is 8.43. The van der Waals surface area contributed by atoms with Gasteiger partial charge in [0.05, 0.1) is 12.3 Å². The summed E-state index contributed by atoms with van der Waals surface area (Å²) in [6, 6.07) is 11.7.